The molecule has 0 amide bonds. The highest BCUT2D eigenvalue weighted by Gasteiger charge is 2.39. The summed E-state index contributed by atoms with van der Waals surface area (Å²) in [5.41, 5.74) is 6.33. The summed E-state index contributed by atoms with van der Waals surface area (Å²) in [5, 5.41) is 0. The summed E-state index contributed by atoms with van der Waals surface area (Å²) in [4.78, 5) is 2.53. The Bertz CT molecular complexity index is 225. The van der Waals surface area contributed by atoms with Gasteiger partial charge >= 0.3 is 0 Å². The van der Waals surface area contributed by atoms with E-state index in [1.165, 1.54) is 12.8 Å². The molecule has 0 aromatic rings. The molecule has 0 saturated carbocycles. The van der Waals surface area contributed by atoms with E-state index < -0.39 is 0 Å². The van der Waals surface area contributed by atoms with Crippen molar-refractivity contribution in [2.45, 2.75) is 58.5 Å². The van der Waals surface area contributed by atoms with Crippen molar-refractivity contribution in [3.8, 4) is 0 Å². The van der Waals surface area contributed by atoms with Gasteiger partial charge in [-0.2, -0.15) is 0 Å². The van der Waals surface area contributed by atoms with Crippen LogP contribution in [0.1, 0.15) is 47.0 Å². The molecule has 1 unspecified atom stereocenters. The van der Waals surface area contributed by atoms with Gasteiger partial charge in [-0.1, -0.05) is 27.7 Å². The monoisotopic (exact) mass is 256 g/mol. The average molecular weight is 256 g/mol. The molecule has 0 radical (unpaired) electrons. The molecule has 0 aromatic carbocycles. The number of nitrogens with zero attached hydrogens (tertiary/aromatic N) is 1. The van der Waals surface area contributed by atoms with Gasteiger partial charge in [0, 0.05) is 24.7 Å². The van der Waals surface area contributed by atoms with Crippen LogP contribution in [0.15, 0.2) is 0 Å². The largest absolute Gasteiger partial charge is 0.380 e. The molecular formula is C15H32N2O. The van der Waals surface area contributed by atoms with Gasteiger partial charge in [0.2, 0.25) is 0 Å². The normalized spacial score (nSPS) is 21.5. The van der Waals surface area contributed by atoms with Gasteiger partial charge in [-0.15, -0.1) is 0 Å². The lowest BCUT2D eigenvalue weighted by Crippen LogP contribution is -2.57. The molecule has 108 valence electrons. The minimum Gasteiger partial charge on any atom is -0.380 e. The smallest absolute Gasteiger partial charge is 0.0622 e. The summed E-state index contributed by atoms with van der Waals surface area (Å²) in [6.45, 7) is 11.7. The molecule has 1 heterocycles. The van der Waals surface area contributed by atoms with Gasteiger partial charge in [0.05, 0.1) is 6.61 Å². The van der Waals surface area contributed by atoms with Gasteiger partial charge in [-0.3, -0.25) is 4.90 Å². The highest BCUT2D eigenvalue weighted by molar-refractivity contribution is 4.95. The molecule has 0 spiro atoms. The van der Waals surface area contributed by atoms with E-state index in [1.807, 2.05) is 0 Å². The summed E-state index contributed by atoms with van der Waals surface area (Å²) >= 11 is 0. The second-order valence-corrected chi connectivity index (χ2v) is 6.75. The molecule has 1 saturated heterocycles. The summed E-state index contributed by atoms with van der Waals surface area (Å²) in [6.07, 6.45) is 3.50. The highest BCUT2D eigenvalue weighted by atomic mass is 16.5. The lowest BCUT2D eigenvalue weighted by molar-refractivity contribution is 0.0341. The minimum absolute atomic E-state index is 0.140. The van der Waals surface area contributed by atoms with Crippen LogP contribution in [0.2, 0.25) is 0 Å². The number of likely N-dealkylation sites (N-methyl/N-ethyl adjacent to an activating group) is 1. The summed E-state index contributed by atoms with van der Waals surface area (Å²) in [6, 6.07) is 0.547. The molecule has 0 bridgehead atoms. The van der Waals surface area contributed by atoms with Gasteiger partial charge in [0.1, 0.15) is 0 Å². The van der Waals surface area contributed by atoms with Crippen LogP contribution >= 0.6 is 0 Å². The number of hydrogen-bond donors (Lipinski definition) is 1. The van der Waals surface area contributed by atoms with Crippen molar-refractivity contribution in [2.24, 2.45) is 17.6 Å². The molecule has 3 heteroatoms. The van der Waals surface area contributed by atoms with Gasteiger partial charge in [-0.05, 0) is 38.1 Å². The lowest BCUT2D eigenvalue weighted by atomic mass is 9.79. The van der Waals surface area contributed by atoms with E-state index in [0.29, 0.717) is 17.9 Å². The van der Waals surface area contributed by atoms with E-state index in [4.69, 9.17) is 10.5 Å². The third-order valence-corrected chi connectivity index (χ3v) is 4.16. The maximum Gasteiger partial charge on any atom is 0.0622 e. The number of ether oxygens (including phenoxy) is 1. The first kappa shape index (κ1) is 15.9. The fourth-order valence-corrected chi connectivity index (χ4v) is 3.42. The number of hydrogen-bond acceptors (Lipinski definition) is 3. The molecular weight excluding hydrogens is 224 g/mol. The quantitative estimate of drug-likeness (QED) is 0.760. The maximum absolute atomic E-state index is 6.19. The van der Waals surface area contributed by atoms with Crippen LogP contribution in [0, 0.1) is 11.8 Å². The zero-order chi connectivity index (χ0) is 13.8. The van der Waals surface area contributed by atoms with Crippen LogP contribution < -0.4 is 5.73 Å². The number of nitrogens with two attached hydrogens (primary N) is 1. The Morgan fingerprint density at radius 3 is 2.11 bits per heavy atom. The minimum atomic E-state index is 0.140. The zero-order valence-corrected chi connectivity index (χ0v) is 12.9. The maximum atomic E-state index is 6.19. The summed E-state index contributed by atoms with van der Waals surface area (Å²) < 4.78 is 5.55. The second kappa shape index (κ2) is 6.88. The Balaban J connectivity index is 2.84. The van der Waals surface area contributed by atoms with Crippen LogP contribution in [0.5, 0.6) is 0 Å². The molecule has 1 atom stereocenters. The first-order chi connectivity index (χ1) is 8.41. The van der Waals surface area contributed by atoms with Crippen molar-refractivity contribution in [1.82, 2.24) is 4.90 Å². The van der Waals surface area contributed by atoms with Crippen LogP contribution in [0.25, 0.3) is 0 Å². The van der Waals surface area contributed by atoms with Crippen LogP contribution in [-0.2, 0) is 4.74 Å². The van der Waals surface area contributed by atoms with Crippen LogP contribution in [0.4, 0.5) is 0 Å². The lowest BCUT2D eigenvalue weighted by Gasteiger charge is -2.46. The molecule has 1 fully saturated rings. The Morgan fingerprint density at radius 2 is 1.78 bits per heavy atom. The Labute approximate surface area is 113 Å². The SMILES string of the molecule is CC(C)CC(CN)(CC(C)C)N(C)C1CCOC1. The topological polar surface area (TPSA) is 38.5 Å². The van der Waals surface area contributed by atoms with E-state index in [9.17, 15) is 0 Å². The summed E-state index contributed by atoms with van der Waals surface area (Å²) in [7, 11) is 2.25. The van der Waals surface area contributed by atoms with Crippen molar-refractivity contribution < 1.29 is 4.74 Å². The predicted octanol–water partition coefficient (Wildman–Crippen LogP) is 2.50. The van der Waals surface area contributed by atoms with E-state index in [2.05, 4.69) is 39.6 Å². The molecule has 1 rings (SSSR count). The average Bonchev–Trinajstić information content (AvgIpc) is 2.78. The highest BCUT2D eigenvalue weighted by Crippen LogP contribution is 2.32. The standard InChI is InChI=1S/C15H32N2O/c1-12(2)8-15(11-16,9-13(3)4)17(5)14-6-7-18-10-14/h12-14H,6-11,16H2,1-5H3. The van der Waals surface area contributed by atoms with E-state index in [-0.39, 0.29) is 5.54 Å². The first-order valence-electron chi connectivity index (χ1n) is 7.42. The predicted molar refractivity (Wildman–Crippen MR) is 77.7 cm³/mol. The third kappa shape index (κ3) is 3.94. The van der Waals surface area contributed by atoms with Crippen molar-refractivity contribution in [2.75, 3.05) is 26.8 Å². The van der Waals surface area contributed by atoms with Crippen LogP contribution in [0.3, 0.4) is 0 Å². The third-order valence-electron chi connectivity index (χ3n) is 4.16. The number of rotatable bonds is 7. The Hall–Kier alpha value is -0.120. The molecule has 18 heavy (non-hydrogen) atoms. The fraction of sp³-hybridized carbons (Fsp3) is 1.00. The summed E-state index contributed by atoms with van der Waals surface area (Å²) in [5.74, 6) is 1.36. The van der Waals surface area contributed by atoms with Gasteiger partial charge in [0.15, 0.2) is 0 Å². The molecule has 0 aliphatic carbocycles. The molecule has 3 nitrogen and oxygen atoms in total. The fourth-order valence-electron chi connectivity index (χ4n) is 3.42. The van der Waals surface area contributed by atoms with Gasteiger partial charge < -0.3 is 10.5 Å². The Kier molecular flexibility index (Phi) is 6.09. The van der Waals surface area contributed by atoms with E-state index in [1.54, 1.807) is 0 Å². The Morgan fingerprint density at radius 1 is 1.22 bits per heavy atom. The van der Waals surface area contributed by atoms with Gasteiger partial charge in [0.25, 0.3) is 0 Å². The van der Waals surface area contributed by atoms with Crippen molar-refractivity contribution in [3.63, 3.8) is 0 Å². The molecule has 2 N–H and O–H groups in total. The molecule has 1 aliphatic heterocycles. The van der Waals surface area contributed by atoms with Crippen molar-refractivity contribution in [3.05, 3.63) is 0 Å². The van der Waals surface area contributed by atoms with Gasteiger partial charge in [-0.25, -0.2) is 0 Å². The van der Waals surface area contributed by atoms with Crippen LogP contribution in [-0.4, -0.2) is 43.3 Å². The molecule has 0 aromatic heterocycles. The first-order valence-corrected chi connectivity index (χ1v) is 7.42. The van der Waals surface area contributed by atoms with Crippen molar-refractivity contribution >= 4 is 0 Å². The van der Waals surface area contributed by atoms with E-state index in [0.717, 1.165) is 26.2 Å². The molecule has 1 aliphatic rings. The second-order valence-electron chi connectivity index (χ2n) is 6.75. The zero-order valence-electron chi connectivity index (χ0n) is 12.9. The van der Waals surface area contributed by atoms with E-state index >= 15 is 0 Å². The van der Waals surface area contributed by atoms with Crippen molar-refractivity contribution in [1.29, 1.82) is 0 Å².